The molecular formula is C14H21N3O2. The molecule has 1 amide bonds. The second-order valence-corrected chi connectivity index (χ2v) is 4.87. The van der Waals surface area contributed by atoms with E-state index in [2.05, 4.69) is 22.3 Å². The van der Waals surface area contributed by atoms with Crippen LogP contribution in [0.15, 0.2) is 18.2 Å². The molecule has 1 saturated heterocycles. The number of nitrogens with two attached hydrogens (primary N) is 1. The normalized spacial score (nSPS) is 17.1. The molecule has 0 unspecified atom stereocenters. The topological polar surface area (TPSA) is 67.6 Å². The third-order valence-corrected chi connectivity index (χ3v) is 3.39. The molecule has 5 heteroatoms. The van der Waals surface area contributed by atoms with E-state index < -0.39 is 0 Å². The quantitative estimate of drug-likeness (QED) is 0.854. The van der Waals surface area contributed by atoms with Crippen LogP contribution in [0, 0.1) is 6.92 Å². The zero-order chi connectivity index (χ0) is 13.8. The zero-order valence-corrected chi connectivity index (χ0v) is 11.5. The minimum absolute atomic E-state index is 0.350. The number of ether oxygens (including phenoxy) is 1. The molecule has 1 atom stereocenters. The van der Waals surface area contributed by atoms with Gasteiger partial charge in [0.2, 0.25) is 5.91 Å². The fourth-order valence-electron chi connectivity index (χ4n) is 2.13. The highest BCUT2D eigenvalue weighted by molar-refractivity contribution is 5.82. The van der Waals surface area contributed by atoms with Crippen molar-refractivity contribution >= 4 is 17.3 Å². The lowest BCUT2D eigenvalue weighted by atomic mass is 10.1. The third-order valence-electron chi connectivity index (χ3n) is 3.39. The molecule has 0 aromatic heterocycles. The molecule has 0 bridgehead atoms. The van der Waals surface area contributed by atoms with Crippen LogP contribution < -0.4 is 16.0 Å². The Morgan fingerprint density at radius 3 is 2.68 bits per heavy atom. The maximum Gasteiger partial charge on any atom is 0.239 e. The minimum Gasteiger partial charge on any atom is -0.378 e. The van der Waals surface area contributed by atoms with E-state index in [1.807, 2.05) is 13.0 Å². The van der Waals surface area contributed by atoms with Gasteiger partial charge in [-0.1, -0.05) is 0 Å². The van der Waals surface area contributed by atoms with Crippen LogP contribution in [0.1, 0.15) is 12.5 Å². The van der Waals surface area contributed by atoms with Gasteiger partial charge in [-0.05, 0) is 37.6 Å². The van der Waals surface area contributed by atoms with E-state index in [0.717, 1.165) is 37.6 Å². The smallest absolute Gasteiger partial charge is 0.239 e. The van der Waals surface area contributed by atoms with Crippen molar-refractivity contribution in [1.82, 2.24) is 0 Å². The molecule has 104 valence electrons. The van der Waals surface area contributed by atoms with Crippen LogP contribution in [-0.4, -0.2) is 38.3 Å². The SMILES string of the molecule is Cc1cc(N2CCOCC2)ccc1N[C@H](C)C(N)=O. The zero-order valence-electron chi connectivity index (χ0n) is 11.5. The summed E-state index contributed by atoms with van der Waals surface area (Å²) < 4.78 is 5.35. The molecule has 1 heterocycles. The molecular weight excluding hydrogens is 242 g/mol. The van der Waals surface area contributed by atoms with E-state index >= 15 is 0 Å². The van der Waals surface area contributed by atoms with Gasteiger partial charge >= 0.3 is 0 Å². The van der Waals surface area contributed by atoms with E-state index in [4.69, 9.17) is 10.5 Å². The van der Waals surface area contributed by atoms with Crippen molar-refractivity contribution in [2.24, 2.45) is 5.73 Å². The lowest BCUT2D eigenvalue weighted by molar-refractivity contribution is -0.118. The Morgan fingerprint density at radius 2 is 2.11 bits per heavy atom. The average molecular weight is 263 g/mol. The van der Waals surface area contributed by atoms with Crippen molar-refractivity contribution in [3.63, 3.8) is 0 Å². The van der Waals surface area contributed by atoms with Crippen molar-refractivity contribution in [3.8, 4) is 0 Å². The maximum atomic E-state index is 11.1. The summed E-state index contributed by atoms with van der Waals surface area (Å²) in [6, 6.07) is 5.82. The monoisotopic (exact) mass is 263 g/mol. The molecule has 0 aliphatic carbocycles. The van der Waals surface area contributed by atoms with Crippen LogP contribution >= 0.6 is 0 Å². The number of primary amides is 1. The third kappa shape index (κ3) is 3.38. The highest BCUT2D eigenvalue weighted by atomic mass is 16.5. The lowest BCUT2D eigenvalue weighted by Crippen LogP contribution is -2.36. The first kappa shape index (κ1) is 13.7. The molecule has 0 spiro atoms. The number of hydrogen-bond acceptors (Lipinski definition) is 4. The van der Waals surface area contributed by atoms with Crippen molar-refractivity contribution in [1.29, 1.82) is 0 Å². The van der Waals surface area contributed by atoms with E-state index in [-0.39, 0.29) is 11.9 Å². The van der Waals surface area contributed by atoms with E-state index in [9.17, 15) is 4.79 Å². The van der Waals surface area contributed by atoms with Crippen molar-refractivity contribution in [3.05, 3.63) is 23.8 Å². The second-order valence-electron chi connectivity index (χ2n) is 4.87. The summed E-state index contributed by atoms with van der Waals surface area (Å²) in [5.74, 6) is -0.350. The summed E-state index contributed by atoms with van der Waals surface area (Å²) in [7, 11) is 0. The Balaban J connectivity index is 2.10. The van der Waals surface area contributed by atoms with Crippen molar-refractivity contribution in [2.45, 2.75) is 19.9 Å². The summed E-state index contributed by atoms with van der Waals surface area (Å²) in [4.78, 5) is 13.4. The first-order valence-corrected chi connectivity index (χ1v) is 6.57. The molecule has 3 N–H and O–H groups in total. The average Bonchev–Trinajstić information content (AvgIpc) is 2.41. The second kappa shape index (κ2) is 5.93. The number of anilines is 2. The predicted octanol–water partition coefficient (Wildman–Crippen LogP) is 1.12. The van der Waals surface area contributed by atoms with E-state index in [1.165, 1.54) is 5.69 Å². The molecule has 1 aromatic rings. The molecule has 1 aliphatic rings. The summed E-state index contributed by atoms with van der Waals surface area (Å²) >= 11 is 0. The number of rotatable bonds is 4. The lowest BCUT2D eigenvalue weighted by Gasteiger charge is -2.29. The van der Waals surface area contributed by atoms with Crippen LogP contribution in [0.25, 0.3) is 0 Å². The van der Waals surface area contributed by atoms with Crippen LogP contribution in [0.3, 0.4) is 0 Å². The highest BCUT2D eigenvalue weighted by Crippen LogP contribution is 2.23. The Hall–Kier alpha value is -1.75. The first-order valence-electron chi connectivity index (χ1n) is 6.57. The summed E-state index contributed by atoms with van der Waals surface area (Å²) in [5, 5.41) is 3.12. The van der Waals surface area contributed by atoms with Crippen molar-refractivity contribution < 1.29 is 9.53 Å². The fourth-order valence-corrected chi connectivity index (χ4v) is 2.13. The van der Waals surface area contributed by atoms with Gasteiger partial charge in [-0.3, -0.25) is 4.79 Å². The number of carbonyl (C=O) groups is 1. The Bertz CT molecular complexity index is 456. The van der Waals surface area contributed by atoms with Gasteiger partial charge in [0.05, 0.1) is 13.2 Å². The Labute approximate surface area is 113 Å². The minimum atomic E-state index is -0.368. The number of aryl methyl sites for hydroxylation is 1. The molecule has 1 aromatic carbocycles. The van der Waals surface area contributed by atoms with Gasteiger partial charge in [0.15, 0.2) is 0 Å². The highest BCUT2D eigenvalue weighted by Gasteiger charge is 2.13. The summed E-state index contributed by atoms with van der Waals surface area (Å²) in [6.07, 6.45) is 0. The predicted molar refractivity (Wildman–Crippen MR) is 76.5 cm³/mol. The van der Waals surface area contributed by atoms with Gasteiger partial charge in [-0.25, -0.2) is 0 Å². The van der Waals surface area contributed by atoms with Crippen molar-refractivity contribution in [2.75, 3.05) is 36.5 Å². The van der Waals surface area contributed by atoms with Gasteiger partial charge in [0, 0.05) is 24.5 Å². The molecule has 2 rings (SSSR count). The number of carbonyl (C=O) groups excluding carboxylic acids is 1. The summed E-state index contributed by atoms with van der Waals surface area (Å²) in [6.45, 7) is 7.18. The molecule has 0 radical (unpaired) electrons. The van der Waals surface area contributed by atoms with E-state index in [1.54, 1.807) is 6.92 Å². The number of hydrogen-bond donors (Lipinski definition) is 2. The standard InChI is InChI=1S/C14H21N3O2/c1-10-9-12(17-5-7-19-8-6-17)3-4-13(10)16-11(2)14(15)18/h3-4,9,11,16H,5-8H2,1-2H3,(H2,15,18)/t11-/m1/s1. The number of morpholine rings is 1. The van der Waals surface area contributed by atoms with Gasteiger partial charge in [0.1, 0.15) is 6.04 Å². The number of nitrogens with one attached hydrogen (secondary N) is 1. The largest absolute Gasteiger partial charge is 0.378 e. The van der Waals surface area contributed by atoms with Gasteiger partial charge in [-0.2, -0.15) is 0 Å². The van der Waals surface area contributed by atoms with Crippen LogP contribution in [0.5, 0.6) is 0 Å². The molecule has 5 nitrogen and oxygen atoms in total. The Morgan fingerprint density at radius 1 is 1.42 bits per heavy atom. The number of nitrogens with zero attached hydrogens (tertiary/aromatic N) is 1. The molecule has 1 aliphatic heterocycles. The number of benzene rings is 1. The van der Waals surface area contributed by atoms with Gasteiger partial charge in [0.25, 0.3) is 0 Å². The van der Waals surface area contributed by atoms with Crippen LogP contribution in [0.4, 0.5) is 11.4 Å². The first-order chi connectivity index (χ1) is 9.08. The molecule has 19 heavy (non-hydrogen) atoms. The van der Waals surface area contributed by atoms with Crippen LogP contribution in [-0.2, 0) is 9.53 Å². The van der Waals surface area contributed by atoms with E-state index in [0.29, 0.717) is 0 Å². The fraction of sp³-hybridized carbons (Fsp3) is 0.500. The molecule has 1 fully saturated rings. The van der Waals surface area contributed by atoms with Gasteiger partial charge < -0.3 is 20.7 Å². The van der Waals surface area contributed by atoms with Crippen LogP contribution in [0.2, 0.25) is 0 Å². The van der Waals surface area contributed by atoms with Gasteiger partial charge in [-0.15, -0.1) is 0 Å². The molecule has 0 saturated carbocycles. The Kier molecular flexibility index (Phi) is 4.27. The summed E-state index contributed by atoms with van der Waals surface area (Å²) in [5.41, 5.74) is 8.51. The number of amides is 1. The maximum absolute atomic E-state index is 11.1.